The second-order valence-electron chi connectivity index (χ2n) is 16.6. The van der Waals surface area contributed by atoms with Gasteiger partial charge in [-0.2, -0.15) is 0 Å². The van der Waals surface area contributed by atoms with Crippen LogP contribution in [0.3, 0.4) is 0 Å². The van der Waals surface area contributed by atoms with E-state index in [4.69, 9.17) is 0 Å². The maximum atomic E-state index is 10.7. The van der Waals surface area contributed by atoms with Gasteiger partial charge in [-0.1, -0.05) is 220 Å². The standard InChI is InChI=1S/2C23H47NO2.Ni/c2*1-4-5-6-7-8-9-10-11-12-13-14-15-16-17-18-19-20-24(3)21-22(2)23(25)26;/h2*22H,4-21H2,1-3H3,(H,25,26);/q;;+2/p-2. The van der Waals surface area contributed by atoms with Crippen molar-refractivity contribution in [2.75, 3.05) is 40.3 Å². The molecule has 0 saturated heterocycles. The van der Waals surface area contributed by atoms with Crippen molar-refractivity contribution in [3.63, 3.8) is 0 Å². The third kappa shape index (κ3) is 47.4. The quantitative estimate of drug-likeness (QED) is 0.0453. The van der Waals surface area contributed by atoms with E-state index in [9.17, 15) is 19.8 Å². The number of hydrogen-bond donors (Lipinski definition) is 0. The maximum absolute atomic E-state index is 10.7. The fourth-order valence-corrected chi connectivity index (χ4v) is 7.13. The molecule has 0 aliphatic rings. The average molecular weight is 796 g/mol. The summed E-state index contributed by atoms with van der Waals surface area (Å²) >= 11 is 0. The van der Waals surface area contributed by atoms with Crippen LogP contribution in [0.2, 0.25) is 0 Å². The van der Waals surface area contributed by atoms with E-state index in [2.05, 4.69) is 23.6 Å². The van der Waals surface area contributed by atoms with Gasteiger partial charge in [-0.15, -0.1) is 0 Å². The molecule has 2 unspecified atom stereocenters. The van der Waals surface area contributed by atoms with Crippen LogP contribution in [0.1, 0.15) is 233 Å². The van der Waals surface area contributed by atoms with Crippen LogP contribution in [-0.4, -0.2) is 62.0 Å². The zero-order chi connectivity index (χ0) is 38.9. The molecule has 0 bridgehead atoms. The smallest absolute Gasteiger partial charge is 0.550 e. The Kier molecular flexibility index (Phi) is 48.9. The zero-order valence-electron chi connectivity index (χ0n) is 36.5. The van der Waals surface area contributed by atoms with Crippen LogP contribution >= 0.6 is 0 Å². The van der Waals surface area contributed by atoms with Crippen molar-refractivity contribution in [3.05, 3.63) is 0 Å². The number of hydrogen-bond acceptors (Lipinski definition) is 6. The largest absolute Gasteiger partial charge is 2.00 e. The third-order valence-electron chi connectivity index (χ3n) is 10.8. The Balaban J connectivity index is -0.000000926. The summed E-state index contributed by atoms with van der Waals surface area (Å²) in [6.07, 6.45) is 44.3. The molecule has 7 heteroatoms. The van der Waals surface area contributed by atoms with E-state index in [0.29, 0.717) is 13.1 Å². The van der Waals surface area contributed by atoms with E-state index < -0.39 is 11.9 Å². The Morgan fingerprint density at radius 1 is 0.377 bits per heavy atom. The first kappa shape index (κ1) is 56.7. The van der Waals surface area contributed by atoms with Gasteiger partial charge in [0.25, 0.3) is 0 Å². The summed E-state index contributed by atoms with van der Waals surface area (Å²) in [5, 5.41) is 21.4. The van der Waals surface area contributed by atoms with Crippen LogP contribution < -0.4 is 10.2 Å². The molecule has 0 aromatic heterocycles. The van der Waals surface area contributed by atoms with Gasteiger partial charge in [0, 0.05) is 36.9 Å². The van der Waals surface area contributed by atoms with Crippen molar-refractivity contribution in [1.29, 1.82) is 0 Å². The summed E-state index contributed by atoms with van der Waals surface area (Å²) in [5.41, 5.74) is 0. The van der Waals surface area contributed by atoms with Gasteiger partial charge in [-0.05, 0) is 40.0 Å². The first-order valence-electron chi connectivity index (χ1n) is 22.9. The summed E-state index contributed by atoms with van der Waals surface area (Å²) < 4.78 is 0. The molecule has 0 radical (unpaired) electrons. The number of nitrogens with zero attached hydrogens (tertiary/aromatic N) is 2. The van der Waals surface area contributed by atoms with Gasteiger partial charge in [0.05, 0.1) is 0 Å². The molecule has 0 aliphatic carbocycles. The molecular formula is C46H92N2NiO4. The summed E-state index contributed by atoms with van der Waals surface area (Å²) in [4.78, 5) is 25.7. The van der Waals surface area contributed by atoms with E-state index in [1.165, 1.54) is 205 Å². The minimum absolute atomic E-state index is 0. The molecule has 0 fully saturated rings. The first-order chi connectivity index (χ1) is 25.1. The number of carboxylic acid groups (broad SMARTS) is 2. The van der Waals surface area contributed by atoms with Crippen molar-refractivity contribution >= 4 is 11.9 Å². The Morgan fingerprint density at radius 3 is 0.717 bits per heavy atom. The number of aliphatic carboxylic acids is 2. The summed E-state index contributed by atoms with van der Waals surface area (Å²) in [6.45, 7) is 11.2. The molecule has 0 aromatic rings. The van der Waals surface area contributed by atoms with E-state index in [1.807, 2.05) is 14.1 Å². The van der Waals surface area contributed by atoms with E-state index in [1.54, 1.807) is 13.8 Å². The SMILES string of the molecule is CCCCCCCCCCCCCCCCCCN(C)CC(C)C(=O)[O-].CCCCCCCCCCCCCCCCCCN(C)CC(C)C(=O)[O-].[Ni+2]. The van der Waals surface area contributed by atoms with Crippen LogP contribution in [0.5, 0.6) is 0 Å². The Hall–Kier alpha value is -0.646. The fourth-order valence-electron chi connectivity index (χ4n) is 7.13. The van der Waals surface area contributed by atoms with Gasteiger partial charge in [0.1, 0.15) is 0 Å². The van der Waals surface area contributed by atoms with E-state index >= 15 is 0 Å². The van der Waals surface area contributed by atoms with Crippen LogP contribution in [-0.2, 0) is 26.1 Å². The topological polar surface area (TPSA) is 86.7 Å². The fraction of sp³-hybridized carbons (Fsp3) is 0.957. The molecule has 0 N–H and O–H groups in total. The number of carbonyl (C=O) groups excluding carboxylic acids is 2. The Bertz CT molecular complexity index is 680. The molecule has 0 spiro atoms. The van der Waals surface area contributed by atoms with Crippen LogP contribution in [0, 0.1) is 11.8 Å². The molecule has 0 amide bonds. The molecule has 0 heterocycles. The van der Waals surface area contributed by atoms with Crippen molar-refractivity contribution in [3.8, 4) is 0 Å². The third-order valence-corrected chi connectivity index (χ3v) is 10.8. The molecule has 0 saturated carbocycles. The Labute approximate surface area is 342 Å². The minimum atomic E-state index is -0.941. The molecule has 0 aromatic carbocycles. The minimum Gasteiger partial charge on any atom is -0.550 e. The van der Waals surface area contributed by atoms with Crippen molar-refractivity contribution < 1.29 is 36.3 Å². The second-order valence-corrected chi connectivity index (χ2v) is 16.6. The number of carboxylic acids is 2. The van der Waals surface area contributed by atoms with E-state index in [0.717, 1.165) is 13.1 Å². The number of rotatable bonds is 40. The molecule has 53 heavy (non-hydrogen) atoms. The zero-order valence-corrected chi connectivity index (χ0v) is 37.4. The van der Waals surface area contributed by atoms with Gasteiger partial charge >= 0.3 is 16.5 Å². The Morgan fingerprint density at radius 2 is 0.547 bits per heavy atom. The average Bonchev–Trinajstić information content (AvgIpc) is 3.11. The van der Waals surface area contributed by atoms with Crippen molar-refractivity contribution in [2.45, 2.75) is 233 Å². The predicted molar refractivity (Wildman–Crippen MR) is 222 cm³/mol. The molecule has 0 rings (SSSR count). The van der Waals surface area contributed by atoms with Crippen molar-refractivity contribution in [2.24, 2.45) is 11.8 Å². The summed E-state index contributed by atoms with van der Waals surface area (Å²) in [6, 6.07) is 0. The number of carbonyl (C=O) groups is 2. The van der Waals surface area contributed by atoms with E-state index in [-0.39, 0.29) is 28.3 Å². The van der Waals surface area contributed by atoms with Crippen LogP contribution in [0.25, 0.3) is 0 Å². The van der Waals surface area contributed by atoms with Crippen LogP contribution in [0.15, 0.2) is 0 Å². The van der Waals surface area contributed by atoms with Crippen molar-refractivity contribution in [1.82, 2.24) is 9.80 Å². The molecular weight excluding hydrogens is 703 g/mol. The normalized spacial score (nSPS) is 12.4. The van der Waals surface area contributed by atoms with Gasteiger partial charge in [-0.25, -0.2) is 0 Å². The maximum Gasteiger partial charge on any atom is 2.00 e. The van der Waals surface area contributed by atoms with Gasteiger partial charge in [0.15, 0.2) is 0 Å². The summed E-state index contributed by atoms with van der Waals surface area (Å²) in [5.74, 6) is -2.63. The van der Waals surface area contributed by atoms with Crippen LogP contribution in [0.4, 0.5) is 0 Å². The summed E-state index contributed by atoms with van der Waals surface area (Å²) in [7, 11) is 4.01. The monoisotopic (exact) mass is 795 g/mol. The predicted octanol–water partition coefficient (Wildman–Crippen LogP) is 11.1. The number of unbranched alkanes of at least 4 members (excludes halogenated alkanes) is 30. The molecule has 320 valence electrons. The van der Waals surface area contributed by atoms with Gasteiger partial charge in [-0.3, -0.25) is 0 Å². The molecule has 6 nitrogen and oxygen atoms in total. The first-order valence-corrected chi connectivity index (χ1v) is 22.9. The van der Waals surface area contributed by atoms with Gasteiger partial charge < -0.3 is 29.6 Å². The molecule has 2 atom stereocenters. The van der Waals surface area contributed by atoms with Gasteiger partial charge in [0.2, 0.25) is 0 Å². The second kappa shape index (κ2) is 45.7. The molecule has 0 aliphatic heterocycles.